The minimum atomic E-state index is -0.301. The molecule has 0 unspecified atom stereocenters. The van der Waals surface area contributed by atoms with Gasteiger partial charge in [-0.25, -0.2) is 0 Å². The number of hydrogen-bond donors (Lipinski definition) is 1. The van der Waals surface area contributed by atoms with Crippen LogP contribution >= 0.6 is 0 Å². The molecule has 0 heterocycles. The number of amides is 1. The van der Waals surface area contributed by atoms with E-state index in [4.69, 9.17) is 5.73 Å². The summed E-state index contributed by atoms with van der Waals surface area (Å²) in [5.41, 5.74) is 5.64. The summed E-state index contributed by atoms with van der Waals surface area (Å²) in [4.78, 5) is 14.7. The topological polar surface area (TPSA) is 46.3 Å². The highest BCUT2D eigenvalue weighted by Crippen LogP contribution is 2.39. The summed E-state index contributed by atoms with van der Waals surface area (Å²) in [6.07, 6.45) is 6.93. The molecule has 1 saturated carbocycles. The highest BCUT2D eigenvalue weighted by atomic mass is 16.2. The summed E-state index contributed by atoms with van der Waals surface area (Å²) in [7, 11) is 0. The molecule has 104 valence electrons. The van der Waals surface area contributed by atoms with Crippen LogP contribution in [0.2, 0.25) is 0 Å². The van der Waals surface area contributed by atoms with Gasteiger partial charge in [0.2, 0.25) is 5.91 Å². The highest BCUT2D eigenvalue weighted by Gasteiger charge is 2.41. The number of carbonyl (C=O) groups is 1. The summed E-state index contributed by atoms with van der Waals surface area (Å²) >= 11 is 0. The van der Waals surface area contributed by atoms with Gasteiger partial charge in [-0.3, -0.25) is 4.79 Å². The smallest absolute Gasteiger partial charge is 0.230 e. The zero-order valence-corrected chi connectivity index (χ0v) is 12.0. The van der Waals surface area contributed by atoms with Crippen LogP contribution in [0.5, 0.6) is 0 Å². The lowest BCUT2D eigenvalue weighted by molar-refractivity contribution is -0.143. The standard InChI is InChI=1S/C15H28N2O/c1-4-10-17(11-5-2)14(18)15(12-16)8-6-13(3)7-9-15/h4,13H,1,5-12,16H2,2-3H3. The van der Waals surface area contributed by atoms with Crippen molar-refractivity contribution >= 4 is 5.91 Å². The number of hydrogen-bond acceptors (Lipinski definition) is 2. The monoisotopic (exact) mass is 252 g/mol. The van der Waals surface area contributed by atoms with Gasteiger partial charge >= 0.3 is 0 Å². The minimum absolute atomic E-state index is 0.249. The molecular formula is C15H28N2O. The first-order chi connectivity index (χ1) is 8.59. The van der Waals surface area contributed by atoms with Crippen LogP contribution in [0.15, 0.2) is 12.7 Å². The van der Waals surface area contributed by atoms with Gasteiger partial charge in [0, 0.05) is 19.6 Å². The molecule has 0 aromatic carbocycles. The van der Waals surface area contributed by atoms with Gasteiger partial charge < -0.3 is 10.6 Å². The van der Waals surface area contributed by atoms with Crippen molar-refractivity contribution in [1.29, 1.82) is 0 Å². The zero-order valence-electron chi connectivity index (χ0n) is 12.0. The molecule has 1 amide bonds. The van der Waals surface area contributed by atoms with Gasteiger partial charge in [0.15, 0.2) is 0 Å². The molecule has 0 spiro atoms. The third kappa shape index (κ3) is 3.35. The molecule has 0 aromatic heterocycles. The maximum absolute atomic E-state index is 12.7. The fraction of sp³-hybridized carbons (Fsp3) is 0.800. The van der Waals surface area contributed by atoms with Gasteiger partial charge in [-0.15, -0.1) is 6.58 Å². The van der Waals surface area contributed by atoms with E-state index in [1.807, 2.05) is 11.0 Å². The van der Waals surface area contributed by atoms with E-state index < -0.39 is 0 Å². The van der Waals surface area contributed by atoms with E-state index in [9.17, 15) is 4.79 Å². The van der Waals surface area contributed by atoms with E-state index in [0.29, 0.717) is 13.1 Å². The molecule has 1 rings (SSSR count). The predicted octanol–water partition coefficient (Wildman–Crippen LogP) is 2.57. The second-order valence-electron chi connectivity index (χ2n) is 5.71. The van der Waals surface area contributed by atoms with Crippen LogP contribution in [0.4, 0.5) is 0 Å². The molecule has 0 aromatic rings. The van der Waals surface area contributed by atoms with Crippen molar-refractivity contribution in [3.05, 3.63) is 12.7 Å². The predicted molar refractivity (Wildman–Crippen MR) is 76.2 cm³/mol. The molecule has 0 atom stereocenters. The van der Waals surface area contributed by atoms with E-state index >= 15 is 0 Å². The Morgan fingerprint density at radius 3 is 2.56 bits per heavy atom. The van der Waals surface area contributed by atoms with Crippen molar-refractivity contribution in [3.63, 3.8) is 0 Å². The Balaban J connectivity index is 2.78. The molecule has 0 aliphatic heterocycles. The fourth-order valence-electron chi connectivity index (χ4n) is 2.86. The lowest BCUT2D eigenvalue weighted by Crippen LogP contribution is -2.50. The highest BCUT2D eigenvalue weighted by molar-refractivity contribution is 5.83. The number of rotatable bonds is 6. The summed E-state index contributed by atoms with van der Waals surface area (Å²) < 4.78 is 0. The first kappa shape index (κ1) is 15.2. The van der Waals surface area contributed by atoms with Crippen molar-refractivity contribution in [3.8, 4) is 0 Å². The molecule has 0 saturated heterocycles. The van der Waals surface area contributed by atoms with Crippen molar-refractivity contribution in [2.24, 2.45) is 17.1 Å². The molecular weight excluding hydrogens is 224 g/mol. The number of nitrogens with two attached hydrogens (primary N) is 1. The SMILES string of the molecule is C=CCN(CCC)C(=O)C1(CN)CCC(C)CC1. The molecule has 0 radical (unpaired) electrons. The van der Waals surface area contributed by atoms with Crippen LogP contribution in [0.25, 0.3) is 0 Å². The van der Waals surface area contributed by atoms with E-state index in [0.717, 1.165) is 44.6 Å². The van der Waals surface area contributed by atoms with E-state index in [2.05, 4.69) is 20.4 Å². The van der Waals surface area contributed by atoms with Crippen molar-refractivity contribution in [2.45, 2.75) is 46.0 Å². The Labute approximate surface area is 111 Å². The summed E-state index contributed by atoms with van der Waals surface area (Å²) in [5, 5.41) is 0. The quantitative estimate of drug-likeness (QED) is 0.739. The summed E-state index contributed by atoms with van der Waals surface area (Å²) in [6.45, 7) is 10.0. The lowest BCUT2D eigenvalue weighted by Gasteiger charge is -2.40. The van der Waals surface area contributed by atoms with Crippen LogP contribution in [0.3, 0.4) is 0 Å². The lowest BCUT2D eigenvalue weighted by atomic mass is 9.70. The van der Waals surface area contributed by atoms with Gasteiger partial charge in [0.25, 0.3) is 0 Å². The van der Waals surface area contributed by atoms with E-state index in [1.165, 1.54) is 0 Å². The van der Waals surface area contributed by atoms with Gasteiger partial charge in [0.05, 0.1) is 5.41 Å². The Morgan fingerprint density at radius 1 is 1.50 bits per heavy atom. The first-order valence-electron chi connectivity index (χ1n) is 7.20. The number of nitrogens with zero attached hydrogens (tertiary/aromatic N) is 1. The maximum atomic E-state index is 12.7. The van der Waals surface area contributed by atoms with Crippen molar-refractivity contribution in [1.82, 2.24) is 4.90 Å². The molecule has 18 heavy (non-hydrogen) atoms. The first-order valence-corrected chi connectivity index (χ1v) is 7.20. The van der Waals surface area contributed by atoms with Crippen LogP contribution < -0.4 is 5.73 Å². The molecule has 1 aliphatic rings. The van der Waals surface area contributed by atoms with Crippen LogP contribution in [-0.4, -0.2) is 30.4 Å². The van der Waals surface area contributed by atoms with Crippen molar-refractivity contribution < 1.29 is 4.79 Å². The van der Waals surface area contributed by atoms with Gasteiger partial charge in [-0.05, 0) is 38.0 Å². The molecule has 0 bridgehead atoms. The van der Waals surface area contributed by atoms with Crippen molar-refractivity contribution in [2.75, 3.05) is 19.6 Å². The van der Waals surface area contributed by atoms with Crippen LogP contribution in [0, 0.1) is 11.3 Å². The minimum Gasteiger partial charge on any atom is -0.338 e. The second-order valence-corrected chi connectivity index (χ2v) is 5.71. The Bertz CT molecular complexity index is 280. The summed E-state index contributed by atoms with van der Waals surface area (Å²) in [6, 6.07) is 0. The molecule has 3 nitrogen and oxygen atoms in total. The molecule has 3 heteroatoms. The number of carbonyl (C=O) groups excluding carboxylic acids is 1. The zero-order chi connectivity index (χ0) is 13.6. The average molecular weight is 252 g/mol. The van der Waals surface area contributed by atoms with Gasteiger partial charge in [0.1, 0.15) is 0 Å². The van der Waals surface area contributed by atoms with E-state index in [1.54, 1.807) is 0 Å². The third-order valence-electron chi connectivity index (χ3n) is 4.21. The molecule has 1 aliphatic carbocycles. The maximum Gasteiger partial charge on any atom is 0.230 e. The fourth-order valence-corrected chi connectivity index (χ4v) is 2.86. The molecule has 1 fully saturated rings. The summed E-state index contributed by atoms with van der Waals surface area (Å²) in [5.74, 6) is 0.982. The largest absolute Gasteiger partial charge is 0.338 e. The third-order valence-corrected chi connectivity index (χ3v) is 4.21. The Hall–Kier alpha value is -0.830. The second kappa shape index (κ2) is 6.93. The van der Waals surface area contributed by atoms with Gasteiger partial charge in [-0.1, -0.05) is 19.9 Å². The van der Waals surface area contributed by atoms with Crippen LogP contribution in [-0.2, 0) is 4.79 Å². The average Bonchev–Trinajstić information content (AvgIpc) is 2.39. The Kier molecular flexibility index (Phi) is 5.86. The Morgan fingerprint density at radius 2 is 2.11 bits per heavy atom. The molecule has 2 N–H and O–H groups in total. The normalized spacial score (nSPS) is 27.8. The van der Waals surface area contributed by atoms with E-state index in [-0.39, 0.29) is 11.3 Å². The van der Waals surface area contributed by atoms with Crippen LogP contribution in [0.1, 0.15) is 46.0 Å². The van der Waals surface area contributed by atoms with Gasteiger partial charge in [-0.2, -0.15) is 0 Å².